The van der Waals surface area contributed by atoms with Gasteiger partial charge in [-0.05, 0) is 25.2 Å². The number of nitrogens with two attached hydrogens (primary N) is 1. The van der Waals surface area contributed by atoms with Crippen LogP contribution in [0.3, 0.4) is 0 Å². The first-order valence-electron chi connectivity index (χ1n) is 4.98. The molecule has 3 heteroatoms. The number of rotatable bonds is 5. The summed E-state index contributed by atoms with van der Waals surface area (Å²) in [5.41, 5.74) is 5.21. The van der Waals surface area contributed by atoms with Crippen LogP contribution in [0.2, 0.25) is 0 Å². The van der Waals surface area contributed by atoms with Gasteiger partial charge in [-0.1, -0.05) is 13.8 Å². The topological polar surface area (TPSA) is 52.3 Å². The molecule has 0 aromatic heterocycles. The molecule has 0 spiro atoms. The molecule has 13 heavy (non-hydrogen) atoms. The first kappa shape index (κ1) is 10.5. The third kappa shape index (κ3) is 2.69. The van der Waals surface area contributed by atoms with E-state index in [9.17, 15) is 4.79 Å². The Bertz CT molecular complexity index is 185. The molecular weight excluding hydrogens is 166 g/mol. The molecule has 1 rings (SSSR count). The Morgan fingerprint density at radius 3 is 2.54 bits per heavy atom. The summed E-state index contributed by atoms with van der Waals surface area (Å²) in [6, 6.07) is 0. The van der Waals surface area contributed by atoms with E-state index in [0.29, 0.717) is 19.1 Å². The molecule has 0 radical (unpaired) electrons. The highest BCUT2D eigenvalue weighted by atomic mass is 16.5. The Labute approximate surface area is 79.6 Å². The smallest absolute Gasteiger partial charge is 0.313 e. The molecular formula is C10H19NO2. The van der Waals surface area contributed by atoms with E-state index in [0.717, 1.165) is 19.3 Å². The maximum Gasteiger partial charge on any atom is 0.313 e. The van der Waals surface area contributed by atoms with E-state index in [-0.39, 0.29) is 11.4 Å². The Morgan fingerprint density at radius 2 is 2.15 bits per heavy atom. The Morgan fingerprint density at radius 1 is 1.54 bits per heavy atom. The zero-order chi connectivity index (χ0) is 9.90. The highest BCUT2D eigenvalue weighted by Gasteiger charge is 2.50. The molecule has 3 nitrogen and oxygen atoms in total. The van der Waals surface area contributed by atoms with Gasteiger partial charge in [-0.2, -0.15) is 0 Å². The van der Waals surface area contributed by atoms with E-state index in [4.69, 9.17) is 10.5 Å². The van der Waals surface area contributed by atoms with Gasteiger partial charge in [-0.25, -0.2) is 0 Å². The predicted octanol–water partition coefficient (Wildman–Crippen LogP) is 1.31. The van der Waals surface area contributed by atoms with Crippen molar-refractivity contribution < 1.29 is 9.53 Å². The monoisotopic (exact) mass is 185 g/mol. The summed E-state index contributed by atoms with van der Waals surface area (Å²) in [6.07, 6.45) is 2.75. The van der Waals surface area contributed by atoms with Gasteiger partial charge in [0.15, 0.2) is 0 Å². The van der Waals surface area contributed by atoms with Crippen molar-refractivity contribution in [3.05, 3.63) is 0 Å². The van der Waals surface area contributed by atoms with Crippen LogP contribution in [-0.2, 0) is 9.53 Å². The molecule has 0 saturated heterocycles. The fraction of sp³-hybridized carbons (Fsp3) is 0.900. The summed E-state index contributed by atoms with van der Waals surface area (Å²) in [5.74, 6) is 0.497. The molecule has 0 atom stereocenters. The zero-order valence-electron chi connectivity index (χ0n) is 8.51. The van der Waals surface area contributed by atoms with Crippen LogP contribution >= 0.6 is 0 Å². The molecule has 0 aromatic rings. The molecule has 0 heterocycles. The molecule has 0 unspecified atom stereocenters. The normalized spacial score (nSPS) is 18.8. The van der Waals surface area contributed by atoms with Crippen LogP contribution in [0.25, 0.3) is 0 Å². The van der Waals surface area contributed by atoms with Gasteiger partial charge in [0.1, 0.15) is 0 Å². The van der Waals surface area contributed by atoms with Gasteiger partial charge in [-0.3, -0.25) is 4.79 Å². The van der Waals surface area contributed by atoms with E-state index in [1.54, 1.807) is 0 Å². The fourth-order valence-corrected chi connectivity index (χ4v) is 1.18. The van der Waals surface area contributed by atoms with Crippen LogP contribution in [0, 0.1) is 11.3 Å². The van der Waals surface area contributed by atoms with Gasteiger partial charge in [0.25, 0.3) is 0 Å². The van der Waals surface area contributed by atoms with Crippen molar-refractivity contribution in [1.82, 2.24) is 0 Å². The summed E-state index contributed by atoms with van der Waals surface area (Å²) in [7, 11) is 0. The molecule has 1 aliphatic carbocycles. The van der Waals surface area contributed by atoms with Gasteiger partial charge in [0.2, 0.25) is 0 Å². The van der Waals surface area contributed by atoms with Crippen LogP contribution in [0.4, 0.5) is 0 Å². The highest BCUT2D eigenvalue weighted by molar-refractivity contribution is 5.80. The van der Waals surface area contributed by atoms with Crippen molar-refractivity contribution in [2.75, 3.05) is 13.2 Å². The van der Waals surface area contributed by atoms with E-state index in [1.807, 2.05) is 0 Å². The van der Waals surface area contributed by atoms with Gasteiger partial charge >= 0.3 is 5.97 Å². The molecule has 1 aliphatic rings. The van der Waals surface area contributed by atoms with Crippen LogP contribution in [0.15, 0.2) is 0 Å². The third-order valence-electron chi connectivity index (χ3n) is 2.61. The number of carbonyl (C=O) groups excluding carboxylic acids is 1. The molecule has 0 aliphatic heterocycles. The lowest BCUT2D eigenvalue weighted by Gasteiger charge is -2.12. The maximum atomic E-state index is 11.4. The number of carbonyl (C=O) groups is 1. The van der Waals surface area contributed by atoms with Crippen molar-refractivity contribution in [2.45, 2.75) is 33.1 Å². The maximum absolute atomic E-state index is 11.4. The van der Waals surface area contributed by atoms with Gasteiger partial charge in [0, 0.05) is 6.54 Å². The van der Waals surface area contributed by atoms with E-state index in [1.165, 1.54) is 0 Å². The average molecular weight is 185 g/mol. The number of hydrogen-bond donors (Lipinski definition) is 1. The lowest BCUT2D eigenvalue weighted by molar-refractivity contribution is -0.150. The van der Waals surface area contributed by atoms with Gasteiger partial charge in [0.05, 0.1) is 12.0 Å². The van der Waals surface area contributed by atoms with Crippen molar-refractivity contribution in [3.8, 4) is 0 Å². The van der Waals surface area contributed by atoms with Crippen LogP contribution in [0.5, 0.6) is 0 Å². The molecule has 1 fully saturated rings. The fourth-order valence-electron chi connectivity index (χ4n) is 1.18. The lowest BCUT2D eigenvalue weighted by Crippen LogP contribution is -2.27. The lowest BCUT2D eigenvalue weighted by atomic mass is 10.1. The first-order chi connectivity index (χ1) is 6.10. The Kier molecular flexibility index (Phi) is 3.31. The largest absolute Gasteiger partial charge is 0.465 e. The van der Waals surface area contributed by atoms with E-state index >= 15 is 0 Å². The van der Waals surface area contributed by atoms with Crippen LogP contribution in [-0.4, -0.2) is 19.1 Å². The quantitative estimate of drug-likeness (QED) is 0.657. The van der Waals surface area contributed by atoms with Crippen molar-refractivity contribution in [3.63, 3.8) is 0 Å². The molecule has 0 amide bonds. The molecule has 1 saturated carbocycles. The predicted molar refractivity (Wildman–Crippen MR) is 51.1 cm³/mol. The SMILES string of the molecule is CC(C)CCOC(=O)C1(CN)CC1. The molecule has 2 N–H and O–H groups in total. The summed E-state index contributed by atoms with van der Waals surface area (Å²) >= 11 is 0. The Balaban J connectivity index is 2.18. The number of hydrogen-bond acceptors (Lipinski definition) is 3. The van der Waals surface area contributed by atoms with E-state index < -0.39 is 0 Å². The molecule has 0 bridgehead atoms. The van der Waals surface area contributed by atoms with Crippen molar-refractivity contribution in [2.24, 2.45) is 17.1 Å². The second-order valence-electron chi connectivity index (χ2n) is 4.30. The minimum absolute atomic E-state index is 0.0874. The average Bonchev–Trinajstić information content (AvgIpc) is 2.83. The minimum Gasteiger partial charge on any atom is -0.465 e. The van der Waals surface area contributed by atoms with Crippen molar-refractivity contribution >= 4 is 5.97 Å². The Hall–Kier alpha value is -0.570. The zero-order valence-corrected chi connectivity index (χ0v) is 8.51. The summed E-state index contributed by atoms with van der Waals surface area (Å²) in [5, 5.41) is 0. The molecule has 76 valence electrons. The summed E-state index contributed by atoms with van der Waals surface area (Å²) in [4.78, 5) is 11.4. The second kappa shape index (κ2) is 4.09. The minimum atomic E-state index is -0.295. The molecule has 0 aromatic carbocycles. The second-order valence-corrected chi connectivity index (χ2v) is 4.30. The third-order valence-corrected chi connectivity index (χ3v) is 2.61. The van der Waals surface area contributed by atoms with E-state index in [2.05, 4.69) is 13.8 Å². The van der Waals surface area contributed by atoms with Gasteiger partial charge < -0.3 is 10.5 Å². The number of esters is 1. The van der Waals surface area contributed by atoms with Crippen molar-refractivity contribution in [1.29, 1.82) is 0 Å². The summed E-state index contributed by atoms with van der Waals surface area (Å²) in [6.45, 7) is 5.21. The number of ether oxygens (including phenoxy) is 1. The van der Waals surface area contributed by atoms with Crippen LogP contribution in [0.1, 0.15) is 33.1 Å². The summed E-state index contributed by atoms with van der Waals surface area (Å²) < 4.78 is 5.15. The van der Waals surface area contributed by atoms with Crippen LogP contribution < -0.4 is 5.73 Å². The standard InChI is InChI=1S/C10H19NO2/c1-8(2)3-6-13-9(12)10(7-11)4-5-10/h8H,3-7,11H2,1-2H3. The van der Waals surface area contributed by atoms with Gasteiger partial charge in [-0.15, -0.1) is 0 Å². The highest BCUT2D eigenvalue weighted by Crippen LogP contribution is 2.45. The first-order valence-corrected chi connectivity index (χ1v) is 4.98.